The SMILES string of the molecule is CC/C=C/C/C=C/C/C=C/C/C=C/C/C=C/C/C=C/CCC(=O)OC[C@H](COP(=O)(O)OCC[N+](C)(C)C)OC(=O)CCCCCCCCC/C=C/CCCCCCCC. The topological polar surface area (TPSA) is 108 Å². The predicted molar refractivity (Wildman–Crippen MR) is 252 cm³/mol. The molecular weight excluding hydrogens is 774 g/mol. The Hall–Kier alpha value is -2.81. The summed E-state index contributed by atoms with van der Waals surface area (Å²) in [5.74, 6) is -0.907. The standard InChI is InChI=1S/C50H86NO8P/c1-6-8-10-12-14-16-18-20-22-24-25-27-28-30-32-34-36-38-40-42-49(52)56-46-48(47-58-60(54,55)57-45-44-51(3,4)5)59-50(53)43-41-39-37-35-33-31-29-26-23-21-19-17-15-13-11-9-7-2/h8,10,14,16,20-23,25,27,30,32,36,38,48H,6-7,9,11-13,15,17-19,24,26,28-29,31,33-35,37,39-47H2,1-5H3/p+1/b10-8+,16-14+,22-20+,23-21+,27-25+,32-30+,38-36+/t48-/m1/s1. The zero-order valence-corrected chi connectivity index (χ0v) is 39.6. The lowest BCUT2D eigenvalue weighted by Crippen LogP contribution is -2.37. The smallest absolute Gasteiger partial charge is 0.462 e. The van der Waals surface area contributed by atoms with E-state index in [4.69, 9.17) is 18.5 Å². The van der Waals surface area contributed by atoms with Crippen LogP contribution in [0.2, 0.25) is 0 Å². The number of quaternary nitrogens is 1. The summed E-state index contributed by atoms with van der Waals surface area (Å²) in [7, 11) is 1.42. The molecule has 0 aliphatic heterocycles. The molecule has 1 unspecified atom stereocenters. The Labute approximate surface area is 367 Å². The highest BCUT2D eigenvalue weighted by molar-refractivity contribution is 7.47. The molecule has 0 heterocycles. The van der Waals surface area contributed by atoms with Crippen LogP contribution in [-0.2, 0) is 32.7 Å². The van der Waals surface area contributed by atoms with Gasteiger partial charge >= 0.3 is 19.8 Å². The lowest BCUT2D eigenvalue weighted by Gasteiger charge is -2.24. The number of esters is 2. The number of unbranched alkanes of at least 4 members (excludes halogenated alkanes) is 13. The second-order valence-corrected chi connectivity index (χ2v) is 17.9. The molecule has 60 heavy (non-hydrogen) atoms. The first-order valence-electron chi connectivity index (χ1n) is 23.3. The summed E-state index contributed by atoms with van der Waals surface area (Å²) in [5, 5.41) is 0. The second-order valence-electron chi connectivity index (χ2n) is 16.4. The number of phosphoric acid groups is 1. The molecule has 344 valence electrons. The van der Waals surface area contributed by atoms with Crippen LogP contribution in [0.4, 0.5) is 0 Å². The molecular formula is C50H87NO8P+. The molecule has 0 aliphatic rings. The highest BCUT2D eigenvalue weighted by atomic mass is 31.2. The number of allylic oxidation sites excluding steroid dienone is 14. The number of hydrogen-bond acceptors (Lipinski definition) is 7. The zero-order valence-electron chi connectivity index (χ0n) is 38.7. The third-order valence-corrected chi connectivity index (χ3v) is 10.4. The number of carbonyl (C=O) groups is 2. The molecule has 0 fully saturated rings. The average Bonchev–Trinajstić information content (AvgIpc) is 3.20. The Bertz CT molecular complexity index is 1290. The van der Waals surface area contributed by atoms with Gasteiger partial charge in [0.25, 0.3) is 0 Å². The fourth-order valence-corrected chi connectivity index (χ4v) is 6.54. The maximum absolute atomic E-state index is 12.7. The Morgan fingerprint density at radius 3 is 1.48 bits per heavy atom. The van der Waals surface area contributed by atoms with Gasteiger partial charge in [-0.05, 0) is 77.0 Å². The maximum atomic E-state index is 12.7. The highest BCUT2D eigenvalue weighted by Gasteiger charge is 2.27. The van der Waals surface area contributed by atoms with Crippen LogP contribution in [0.5, 0.6) is 0 Å². The molecule has 1 N–H and O–H groups in total. The van der Waals surface area contributed by atoms with Gasteiger partial charge in [-0.1, -0.05) is 163 Å². The maximum Gasteiger partial charge on any atom is 0.472 e. The number of ether oxygens (including phenoxy) is 2. The van der Waals surface area contributed by atoms with Crippen LogP contribution in [0, 0.1) is 0 Å². The van der Waals surface area contributed by atoms with Crippen molar-refractivity contribution in [2.75, 3.05) is 47.5 Å². The minimum Gasteiger partial charge on any atom is -0.462 e. The molecule has 2 atom stereocenters. The lowest BCUT2D eigenvalue weighted by molar-refractivity contribution is -0.870. The normalized spacial score (nSPS) is 14.3. The summed E-state index contributed by atoms with van der Waals surface area (Å²) in [6, 6.07) is 0. The summed E-state index contributed by atoms with van der Waals surface area (Å²) in [4.78, 5) is 35.4. The quantitative estimate of drug-likeness (QED) is 0.0213. The van der Waals surface area contributed by atoms with E-state index < -0.39 is 32.5 Å². The highest BCUT2D eigenvalue weighted by Crippen LogP contribution is 2.43. The summed E-state index contributed by atoms with van der Waals surface area (Å²) in [6.07, 6.45) is 53.6. The van der Waals surface area contributed by atoms with E-state index in [1.54, 1.807) is 0 Å². The second kappa shape index (κ2) is 41.5. The van der Waals surface area contributed by atoms with Gasteiger partial charge in [-0.15, -0.1) is 0 Å². The van der Waals surface area contributed by atoms with E-state index in [9.17, 15) is 19.0 Å². The first kappa shape index (κ1) is 57.2. The van der Waals surface area contributed by atoms with Crippen LogP contribution in [0.1, 0.15) is 168 Å². The number of nitrogens with zero attached hydrogens (tertiary/aromatic N) is 1. The molecule has 0 aliphatic carbocycles. The lowest BCUT2D eigenvalue weighted by atomic mass is 10.1. The number of hydrogen-bond donors (Lipinski definition) is 1. The van der Waals surface area contributed by atoms with Crippen molar-refractivity contribution in [2.45, 2.75) is 174 Å². The number of carbonyl (C=O) groups excluding carboxylic acids is 2. The minimum atomic E-state index is -4.40. The number of likely N-dealkylation sites (N-methyl/N-ethyl adjacent to an activating group) is 1. The van der Waals surface area contributed by atoms with Gasteiger partial charge in [-0.3, -0.25) is 18.6 Å². The molecule has 0 aromatic carbocycles. The number of phosphoric ester groups is 1. The van der Waals surface area contributed by atoms with Crippen LogP contribution in [0.3, 0.4) is 0 Å². The number of rotatable bonds is 41. The Morgan fingerprint density at radius 2 is 0.983 bits per heavy atom. The van der Waals surface area contributed by atoms with Crippen molar-refractivity contribution in [1.29, 1.82) is 0 Å². The fourth-order valence-electron chi connectivity index (χ4n) is 5.80. The van der Waals surface area contributed by atoms with Crippen LogP contribution in [0.15, 0.2) is 85.1 Å². The van der Waals surface area contributed by atoms with Crippen LogP contribution < -0.4 is 0 Å². The molecule has 0 radical (unpaired) electrons. The first-order valence-corrected chi connectivity index (χ1v) is 24.8. The van der Waals surface area contributed by atoms with Gasteiger partial charge in [-0.25, -0.2) is 4.57 Å². The zero-order chi connectivity index (χ0) is 44.3. The van der Waals surface area contributed by atoms with Gasteiger partial charge < -0.3 is 18.9 Å². The van der Waals surface area contributed by atoms with Crippen molar-refractivity contribution in [1.82, 2.24) is 0 Å². The van der Waals surface area contributed by atoms with Gasteiger partial charge in [0.2, 0.25) is 0 Å². The van der Waals surface area contributed by atoms with E-state index in [1.165, 1.54) is 64.2 Å². The van der Waals surface area contributed by atoms with E-state index in [0.29, 0.717) is 23.9 Å². The van der Waals surface area contributed by atoms with E-state index in [1.807, 2.05) is 33.3 Å². The van der Waals surface area contributed by atoms with Crippen LogP contribution in [0.25, 0.3) is 0 Å². The molecule has 0 aromatic heterocycles. The summed E-state index contributed by atoms with van der Waals surface area (Å²) < 4.78 is 34.3. The van der Waals surface area contributed by atoms with E-state index >= 15 is 0 Å². The van der Waals surface area contributed by atoms with Gasteiger partial charge in [-0.2, -0.15) is 0 Å². The fraction of sp³-hybridized carbons (Fsp3) is 0.680. The molecule has 0 saturated heterocycles. The van der Waals surface area contributed by atoms with Crippen molar-refractivity contribution < 1.29 is 42.1 Å². The van der Waals surface area contributed by atoms with E-state index in [-0.39, 0.29) is 26.1 Å². The largest absolute Gasteiger partial charge is 0.472 e. The third kappa shape index (κ3) is 44.7. The molecule has 10 heteroatoms. The molecule has 0 rings (SSSR count). The Kier molecular flexibility index (Phi) is 39.6. The Morgan fingerprint density at radius 1 is 0.533 bits per heavy atom. The van der Waals surface area contributed by atoms with Gasteiger partial charge in [0.05, 0.1) is 27.7 Å². The Balaban J connectivity index is 4.46. The third-order valence-electron chi connectivity index (χ3n) is 9.42. The van der Waals surface area contributed by atoms with Crippen LogP contribution >= 0.6 is 7.82 Å². The predicted octanol–water partition coefficient (Wildman–Crippen LogP) is 13.6. The van der Waals surface area contributed by atoms with Crippen molar-refractivity contribution >= 4 is 19.8 Å². The molecule has 0 bridgehead atoms. The van der Waals surface area contributed by atoms with Crippen LogP contribution in [-0.4, -0.2) is 74.9 Å². The van der Waals surface area contributed by atoms with E-state index in [2.05, 4.69) is 86.8 Å². The van der Waals surface area contributed by atoms with Gasteiger partial charge in [0, 0.05) is 12.8 Å². The van der Waals surface area contributed by atoms with Gasteiger partial charge in [0.15, 0.2) is 6.10 Å². The molecule has 0 aromatic rings. The molecule has 0 amide bonds. The van der Waals surface area contributed by atoms with Crippen molar-refractivity contribution in [3.05, 3.63) is 85.1 Å². The molecule has 9 nitrogen and oxygen atoms in total. The van der Waals surface area contributed by atoms with E-state index in [0.717, 1.165) is 64.2 Å². The average molecular weight is 861 g/mol. The minimum absolute atomic E-state index is 0.0155. The first-order chi connectivity index (χ1) is 29.0. The molecule has 0 spiro atoms. The van der Waals surface area contributed by atoms with Crippen molar-refractivity contribution in [3.63, 3.8) is 0 Å². The summed E-state index contributed by atoms with van der Waals surface area (Å²) >= 11 is 0. The monoisotopic (exact) mass is 861 g/mol. The van der Waals surface area contributed by atoms with Crippen molar-refractivity contribution in [2.24, 2.45) is 0 Å². The summed E-state index contributed by atoms with van der Waals surface area (Å²) in [5.41, 5.74) is 0. The molecule has 0 saturated carbocycles. The van der Waals surface area contributed by atoms with Crippen molar-refractivity contribution in [3.8, 4) is 0 Å². The van der Waals surface area contributed by atoms with Gasteiger partial charge in [0.1, 0.15) is 19.8 Å². The summed E-state index contributed by atoms with van der Waals surface area (Å²) in [6.45, 7) is 4.20.